The molecule has 0 aromatic heterocycles. The molecule has 1 rings (SSSR count). The van der Waals surface area contributed by atoms with Gasteiger partial charge in [-0.25, -0.2) is 0 Å². The van der Waals surface area contributed by atoms with Gasteiger partial charge in [0.05, 0.1) is 0 Å². The van der Waals surface area contributed by atoms with Crippen LogP contribution in [0, 0.1) is 0 Å². The minimum atomic E-state index is -8.03. The molecular weight excluding hydrogens is 519 g/mol. The van der Waals surface area contributed by atoms with Gasteiger partial charge in [0.1, 0.15) is 13.3 Å². The van der Waals surface area contributed by atoms with Crippen molar-refractivity contribution in [2.75, 3.05) is 0 Å². The van der Waals surface area contributed by atoms with E-state index < -0.39 is 59.7 Å². The van der Waals surface area contributed by atoms with E-state index in [1.54, 1.807) is 0 Å². The molecule has 0 spiro atoms. The third-order valence-corrected chi connectivity index (χ3v) is 12.5. The fourth-order valence-electron chi connectivity index (χ4n) is 3.15. The maximum Gasteiger partial charge on any atom is 0.460 e. The Morgan fingerprint density at radius 2 is 0.882 bits per heavy atom. The van der Waals surface area contributed by atoms with E-state index in [2.05, 4.69) is 0 Å². The lowest BCUT2D eigenvalue weighted by Gasteiger charge is -2.54. The lowest BCUT2D eigenvalue weighted by molar-refractivity contribution is -0.447. The van der Waals surface area contributed by atoms with Crippen molar-refractivity contribution in [3.05, 3.63) is 35.9 Å². The molecule has 15 heteroatoms. The van der Waals surface area contributed by atoms with Crippen LogP contribution < -0.4 is 0 Å². The summed E-state index contributed by atoms with van der Waals surface area (Å²) in [7, 11) is -4.53. The predicted molar refractivity (Wildman–Crippen MR) is 98.3 cm³/mol. The second-order valence-corrected chi connectivity index (χ2v) is 14.8. The van der Waals surface area contributed by atoms with Crippen LogP contribution in [0.5, 0.6) is 0 Å². The average molecular weight is 540 g/mol. The van der Waals surface area contributed by atoms with Gasteiger partial charge >= 0.3 is 35.8 Å². The van der Waals surface area contributed by atoms with Crippen LogP contribution in [0.3, 0.4) is 0 Å². The van der Waals surface area contributed by atoms with Crippen molar-refractivity contribution in [3.63, 3.8) is 0 Å². The van der Waals surface area contributed by atoms with Gasteiger partial charge in [-0.3, -0.25) is 0 Å². The SMILES string of the molecule is CC(C)(C)[Si](C)(C)C(O)(c1ccccc1)C(F)(F)C(F)(F)C(F)(F)C(F)(F)C(F)(F)C(F)(F)F. The smallest absolute Gasteiger partial charge is 0.382 e. The molecule has 0 aliphatic heterocycles. The van der Waals surface area contributed by atoms with Crippen LogP contribution in [0.1, 0.15) is 26.3 Å². The first-order valence-electron chi connectivity index (χ1n) is 9.34. The zero-order valence-corrected chi connectivity index (χ0v) is 19.2. The van der Waals surface area contributed by atoms with Crippen molar-refractivity contribution in [2.45, 2.75) is 79.9 Å². The molecule has 0 amide bonds. The van der Waals surface area contributed by atoms with Crippen molar-refractivity contribution in [1.82, 2.24) is 0 Å². The number of rotatable bonds is 7. The fraction of sp³-hybridized carbons (Fsp3) is 0.684. The van der Waals surface area contributed by atoms with Gasteiger partial charge in [-0.15, -0.1) is 0 Å². The summed E-state index contributed by atoms with van der Waals surface area (Å²) in [5, 5.41) is 5.14. The van der Waals surface area contributed by atoms with E-state index in [1.807, 2.05) is 0 Å². The van der Waals surface area contributed by atoms with E-state index in [-0.39, 0.29) is 0 Å². The topological polar surface area (TPSA) is 20.2 Å². The number of alkyl halides is 13. The highest BCUT2D eigenvalue weighted by atomic mass is 28.3. The van der Waals surface area contributed by atoms with Crippen molar-refractivity contribution >= 4 is 8.07 Å². The first-order chi connectivity index (χ1) is 14.6. The second-order valence-electron chi connectivity index (χ2n) is 9.32. The van der Waals surface area contributed by atoms with Crippen molar-refractivity contribution in [1.29, 1.82) is 0 Å². The molecule has 0 heterocycles. The highest BCUT2D eigenvalue weighted by molar-refractivity contribution is 6.82. The molecule has 1 N–H and O–H groups in total. The summed E-state index contributed by atoms with van der Waals surface area (Å²) in [4.78, 5) is 0. The van der Waals surface area contributed by atoms with Gasteiger partial charge in [0.2, 0.25) is 0 Å². The van der Waals surface area contributed by atoms with Crippen molar-refractivity contribution < 1.29 is 62.2 Å². The predicted octanol–water partition coefficient (Wildman–Crippen LogP) is 7.66. The summed E-state index contributed by atoms with van der Waals surface area (Å²) in [6, 6.07) is 4.13. The zero-order valence-electron chi connectivity index (χ0n) is 18.2. The number of halogens is 13. The molecule has 0 radical (unpaired) electrons. The van der Waals surface area contributed by atoms with Crippen LogP contribution in [-0.2, 0) is 5.22 Å². The van der Waals surface area contributed by atoms with Gasteiger partial charge in [0.25, 0.3) is 0 Å². The highest BCUT2D eigenvalue weighted by Gasteiger charge is 2.93. The second kappa shape index (κ2) is 8.00. The first-order valence-corrected chi connectivity index (χ1v) is 12.3. The van der Waals surface area contributed by atoms with Crippen molar-refractivity contribution in [2.24, 2.45) is 0 Å². The number of benzene rings is 1. The van der Waals surface area contributed by atoms with Gasteiger partial charge in [-0.1, -0.05) is 64.2 Å². The largest absolute Gasteiger partial charge is 0.460 e. The molecule has 198 valence electrons. The third-order valence-electron chi connectivity index (χ3n) is 6.36. The molecule has 0 fully saturated rings. The number of aliphatic hydroxyl groups is 1. The molecule has 34 heavy (non-hydrogen) atoms. The van der Waals surface area contributed by atoms with Crippen LogP contribution in [0.15, 0.2) is 30.3 Å². The third kappa shape index (κ3) is 3.71. The Morgan fingerprint density at radius 1 is 0.559 bits per heavy atom. The summed E-state index contributed by atoms with van der Waals surface area (Å²) >= 11 is 0. The Bertz CT molecular complexity index is 872. The Morgan fingerprint density at radius 3 is 1.21 bits per heavy atom. The van der Waals surface area contributed by atoms with Gasteiger partial charge in [0.15, 0.2) is 0 Å². The fourth-order valence-corrected chi connectivity index (χ4v) is 6.07. The average Bonchev–Trinajstić information content (AvgIpc) is 2.65. The summed E-state index contributed by atoms with van der Waals surface area (Å²) in [5.74, 6) is -38.1. The first kappa shape index (κ1) is 30.5. The maximum absolute atomic E-state index is 15.4. The molecule has 0 aliphatic carbocycles. The van der Waals surface area contributed by atoms with E-state index in [0.29, 0.717) is 12.1 Å². The highest BCUT2D eigenvalue weighted by Crippen LogP contribution is 2.65. The summed E-state index contributed by atoms with van der Waals surface area (Å²) < 4.78 is 179. The Balaban J connectivity index is 4.04. The van der Waals surface area contributed by atoms with E-state index in [1.165, 1.54) is 0 Å². The molecule has 1 aromatic rings. The lowest BCUT2D eigenvalue weighted by atomic mass is 9.88. The molecule has 1 aromatic carbocycles. The minimum absolute atomic E-state index is 0.588. The lowest BCUT2D eigenvalue weighted by Crippen LogP contribution is -2.77. The molecular formula is C19H21F13OSi. The molecule has 1 atom stereocenters. The zero-order chi connectivity index (χ0) is 27.6. The van der Waals surface area contributed by atoms with Gasteiger partial charge in [-0.05, 0) is 10.6 Å². The summed E-state index contributed by atoms with van der Waals surface area (Å²) in [6.45, 7) is 5.08. The molecule has 0 bridgehead atoms. The molecule has 1 nitrogen and oxygen atoms in total. The van der Waals surface area contributed by atoms with Gasteiger partial charge < -0.3 is 5.11 Å². The van der Waals surface area contributed by atoms with E-state index in [0.717, 1.165) is 52.1 Å². The Kier molecular flexibility index (Phi) is 7.18. The monoisotopic (exact) mass is 540 g/mol. The molecule has 1 unspecified atom stereocenters. The summed E-state index contributed by atoms with van der Waals surface area (Å²) in [5.41, 5.74) is -1.15. The van der Waals surface area contributed by atoms with Crippen molar-refractivity contribution in [3.8, 4) is 0 Å². The minimum Gasteiger partial charge on any atom is -0.382 e. The maximum atomic E-state index is 15.4. The van der Waals surface area contributed by atoms with Crippen LogP contribution in [0.25, 0.3) is 0 Å². The van der Waals surface area contributed by atoms with E-state index >= 15 is 8.78 Å². The van der Waals surface area contributed by atoms with E-state index in [4.69, 9.17) is 0 Å². The van der Waals surface area contributed by atoms with Crippen LogP contribution >= 0.6 is 0 Å². The van der Waals surface area contributed by atoms with Crippen LogP contribution in [-0.4, -0.2) is 49.0 Å². The quantitative estimate of drug-likeness (QED) is 0.278. The number of hydrogen-bond donors (Lipinski definition) is 1. The normalized spacial score (nSPS) is 17.5. The van der Waals surface area contributed by atoms with Gasteiger partial charge in [-0.2, -0.15) is 57.1 Å². The number of hydrogen-bond acceptors (Lipinski definition) is 1. The standard InChI is InChI=1S/C19H21F13OSi/c1-12(2,3)34(4,5)13(33,11-9-7-6-8-10-11)14(20,21)15(22,23)16(24,25)17(26,27)18(28,29)19(30,31)32/h6-10,33H,1-5H3. The van der Waals surface area contributed by atoms with E-state index in [9.17, 15) is 53.4 Å². The molecule has 0 saturated carbocycles. The Labute approximate surface area is 187 Å². The van der Waals surface area contributed by atoms with Gasteiger partial charge in [0, 0.05) is 0 Å². The Hall–Kier alpha value is -1.51. The molecule has 0 aliphatic rings. The summed E-state index contributed by atoms with van der Waals surface area (Å²) in [6.07, 6.45) is -7.50. The van der Waals surface area contributed by atoms with Crippen LogP contribution in [0.2, 0.25) is 18.1 Å². The molecule has 0 saturated heterocycles. The van der Waals surface area contributed by atoms with Crippen LogP contribution in [0.4, 0.5) is 57.1 Å².